The molecular formula is C20H19N5O. The second kappa shape index (κ2) is 6.92. The highest BCUT2D eigenvalue weighted by atomic mass is 16.5. The van der Waals surface area contributed by atoms with E-state index < -0.39 is 0 Å². The van der Waals surface area contributed by atoms with Crippen LogP contribution < -0.4 is 5.32 Å². The van der Waals surface area contributed by atoms with Crippen molar-refractivity contribution in [2.45, 2.75) is 20.3 Å². The second-order valence-corrected chi connectivity index (χ2v) is 6.17. The molecule has 1 N–H and O–H groups in total. The number of benzene rings is 1. The molecule has 6 nitrogen and oxygen atoms in total. The summed E-state index contributed by atoms with van der Waals surface area (Å²) in [6, 6.07) is 14.1. The maximum Gasteiger partial charge on any atom is 0.223 e. The van der Waals surface area contributed by atoms with Gasteiger partial charge in [-0.25, -0.2) is 4.98 Å². The van der Waals surface area contributed by atoms with Crippen LogP contribution in [0.3, 0.4) is 0 Å². The fourth-order valence-corrected chi connectivity index (χ4v) is 2.92. The van der Waals surface area contributed by atoms with E-state index in [0.29, 0.717) is 18.3 Å². The maximum absolute atomic E-state index is 5.16. The molecule has 0 spiro atoms. The fourth-order valence-electron chi connectivity index (χ4n) is 2.92. The predicted octanol–water partition coefficient (Wildman–Crippen LogP) is 3.95. The summed E-state index contributed by atoms with van der Waals surface area (Å²) in [6.45, 7) is 4.56. The number of nitrogens with zero attached hydrogens (tertiary/aromatic N) is 4. The van der Waals surface area contributed by atoms with Gasteiger partial charge in [0.1, 0.15) is 5.82 Å². The largest absolute Gasteiger partial charge is 0.369 e. The van der Waals surface area contributed by atoms with Gasteiger partial charge in [0, 0.05) is 37.2 Å². The number of rotatable bonds is 5. The molecule has 0 saturated heterocycles. The van der Waals surface area contributed by atoms with Crippen molar-refractivity contribution in [3.8, 4) is 11.4 Å². The maximum atomic E-state index is 5.16. The van der Waals surface area contributed by atoms with Crippen LogP contribution >= 0.6 is 0 Å². The van der Waals surface area contributed by atoms with Crippen LogP contribution in [0, 0.1) is 13.8 Å². The van der Waals surface area contributed by atoms with Crippen molar-refractivity contribution in [3.63, 3.8) is 0 Å². The van der Waals surface area contributed by atoms with Gasteiger partial charge in [-0.1, -0.05) is 29.4 Å². The zero-order chi connectivity index (χ0) is 17.9. The van der Waals surface area contributed by atoms with Gasteiger partial charge in [-0.05, 0) is 30.7 Å². The fraction of sp³-hybridized carbons (Fsp3) is 0.200. The van der Waals surface area contributed by atoms with Crippen LogP contribution in [0.5, 0.6) is 0 Å². The van der Waals surface area contributed by atoms with E-state index in [4.69, 9.17) is 9.51 Å². The Bertz CT molecular complexity index is 1040. The third kappa shape index (κ3) is 3.26. The normalized spacial score (nSPS) is 11.0. The molecule has 0 aliphatic carbocycles. The standard InChI is InChI=1S/C20H19N5O/c1-13-6-5-7-15-12-17(20-23-14(2)26-25-20)19(24-18(13)15)22-11-9-16-8-3-4-10-21-16/h3-8,10,12H,9,11H2,1-2H3,(H,22,24). The van der Waals surface area contributed by atoms with E-state index >= 15 is 0 Å². The molecule has 4 rings (SSSR count). The van der Waals surface area contributed by atoms with Gasteiger partial charge >= 0.3 is 0 Å². The van der Waals surface area contributed by atoms with E-state index in [0.717, 1.165) is 40.0 Å². The van der Waals surface area contributed by atoms with Gasteiger partial charge in [-0.3, -0.25) is 4.98 Å². The van der Waals surface area contributed by atoms with Gasteiger partial charge in [-0.15, -0.1) is 0 Å². The highest BCUT2D eigenvalue weighted by molar-refractivity contribution is 5.89. The summed E-state index contributed by atoms with van der Waals surface area (Å²) in [5.41, 5.74) is 3.97. The topological polar surface area (TPSA) is 76.7 Å². The summed E-state index contributed by atoms with van der Waals surface area (Å²) in [5, 5.41) is 8.53. The molecule has 0 fully saturated rings. The summed E-state index contributed by atoms with van der Waals surface area (Å²) < 4.78 is 5.16. The van der Waals surface area contributed by atoms with E-state index in [1.165, 1.54) is 0 Å². The SMILES string of the molecule is Cc1nc(-c2cc3cccc(C)c3nc2NCCc2ccccn2)no1. The number of aryl methyl sites for hydroxylation is 2. The molecule has 0 unspecified atom stereocenters. The van der Waals surface area contributed by atoms with Crippen molar-refractivity contribution in [3.05, 3.63) is 65.8 Å². The van der Waals surface area contributed by atoms with Crippen LogP contribution in [-0.2, 0) is 6.42 Å². The Balaban J connectivity index is 1.69. The van der Waals surface area contributed by atoms with E-state index in [1.807, 2.05) is 30.3 Å². The van der Waals surface area contributed by atoms with E-state index in [1.54, 1.807) is 13.1 Å². The van der Waals surface area contributed by atoms with Crippen LogP contribution in [0.1, 0.15) is 17.1 Å². The average Bonchev–Trinajstić information content (AvgIpc) is 3.09. The molecule has 3 aromatic heterocycles. The molecule has 6 heteroatoms. The van der Waals surface area contributed by atoms with Crippen LogP contribution in [0.25, 0.3) is 22.3 Å². The van der Waals surface area contributed by atoms with Gasteiger partial charge in [0.05, 0.1) is 11.1 Å². The van der Waals surface area contributed by atoms with Gasteiger partial charge in [-0.2, -0.15) is 4.98 Å². The number of hydrogen-bond donors (Lipinski definition) is 1. The Morgan fingerprint density at radius 3 is 2.73 bits per heavy atom. The first kappa shape index (κ1) is 16.2. The number of hydrogen-bond acceptors (Lipinski definition) is 6. The van der Waals surface area contributed by atoms with E-state index in [9.17, 15) is 0 Å². The molecule has 0 atom stereocenters. The summed E-state index contributed by atoms with van der Waals surface area (Å²) in [4.78, 5) is 13.6. The molecule has 0 aliphatic heterocycles. The quantitative estimate of drug-likeness (QED) is 0.590. The predicted molar refractivity (Wildman–Crippen MR) is 101 cm³/mol. The van der Waals surface area contributed by atoms with Crippen molar-refractivity contribution in [2.75, 3.05) is 11.9 Å². The molecule has 0 bridgehead atoms. The smallest absolute Gasteiger partial charge is 0.223 e. The van der Waals surface area contributed by atoms with E-state index in [2.05, 4.69) is 39.5 Å². The molecule has 3 heterocycles. The van der Waals surface area contributed by atoms with Crippen LogP contribution in [0.2, 0.25) is 0 Å². The number of para-hydroxylation sites is 1. The van der Waals surface area contributed by atoms with Crippen molar-refractivity contribution < 1.29 is 4.52 Å². The number of fused-ring (bicyclic) bond motifs is 1. The average molecular weight is 345 g/mol. The van der Waals surface area contributed by atoms with Gasteiger partial charge < -0.3 is 9.84 Å². The molecule has 130 valence electrons. The molecule has 0 aliphatic rings. The van der Waals surface area contributed by atoms with Crippen molar-refractivity contribution in [2.24, 2.45) is 0 Å². The first-order chi connectivity index (χ1) is 12.7. The molecule has 4 aromatic rings. The third-order valence-corrected chi connectivity index (χ3v) is 4.22. The van der Waals surface area contributed by atoms with Crippen LogP contribution in [0.4, 0.5) is 5.82 Å². The molecule has 0 amide bonds. The molecule has 0 saturated carbocycles. The molecule has 1 aromatic carbocycles. The first-order valence-electron chi connectivity index (χ1n) is 8.55. The van der Waals surface area contributed by atoms with Gasteiger partial charge in [0.25, 0.3) is 0 Å². The zero-order valence-corrected chi connectivity index (χ0v) is 14.7. The summed E-state index contributed by atoms with van der Waals surface area (Å²) in [7, 11) is 0. The Labute approximate surface area is 151 Å². The minimum absolute atomic E-state index is 0.531. The van der Waals surface area contributed by atoms with Gasteiger partial charge in [0.15, 0.2) is 0 Å². The second-order valence-electron chi connectivity index (χ2n) is 6.17. The highest BCUT2D eigenvalue weighted by Crippen LogP contribution is 2.29. The molecule has 26 heavy (non-hydrogen) atoms. The number of aromatic nitrogens is 4. The van der Waals surface area contributed by atoms with Crippen molar-refractivity contribution in [1.82, 2.24) is 20.1 Å². The lowest BCUT2D eigenvalue weighted by molar-refractivity contribution is 0.394. The summed E-state index contributed by atoms with van der Waals surface area (Å²) >= 11 is 0. The number of nitrogens with one attached hydrogen (secondary N) is 1. The van der Waals surface area contributed by atoms with Crippen molar-refractivity contribution in [1.29, 1.82) is 0 Å². The molecule has 0 radical (unpaired) electrons. The summed E-state index contributed by atoms with van der Waals surface area (Å²) in [6.07, 6.45) is 2.61. The Morgan fingerprint density at radius 2 is 1.96 bits per heavy atom. The summed E-state index contributed by atoms with van der Waals surface area (Å²) in [5.74, 6) is 1.83. The third-order valence-electron chi connectivity index (χ3n) is 4.22. The molecular weight excluding hydrogens is 326 g/mol. The monoisotopic (exact) mass is 345 g/mol. The van der Waals surface area contributed by atoms with Crippen LogP contribution in [-0.4, -0.2) is 26.7 Å². The Morgan fingerprint density at radius 1 is 1.04 bits per heavy atom. The zero-order valence-electron chi connectivity index (χ0n) is 14.7. The van der Waals surface area contributed by atoms with E-state index in [-0.39, 0.29) is 0 Å². The Hall–Kier alpha value is -3.28. The number of pyridine rings is 2. The Kier molecular flexibility index (Phi) is 4.31. The van der Waals surface area contributed by atoms with Crippen LogP contribution in [0.15, 0.2) is 53.2 Å². The highest BCUT2D eigenvalue weighted by Gasteiger charge is 2.15. The lowest BCUT2D eigenvalue weighted by atomic mass is 10.1. The first-order valence-corrected chi connectivity index (χ1v) is 8.55. The van der Waals surface area contributed by atoms with Crippen molar-refractivity contribution >= 4 is 16.7 Å². The lowest BCUT2D eigenvalue weighted by Gasteiger charge is -2.11. The number of anilines is 1. The minimum atomic E-state index is 0.531. The lowest BCUT2D eigenvalue weighted by Crippen LogP contribution is -2.09. The minimum Gasteiger partial charge on any atom is -0.369 e. The van der Waals surface area contributed by atoms with Gasteiger partial charge in [0.2, 0.25) is 11.7 Å².